The van der Waals surface area contributed by atoms with Crippen LogP contribution < -0.4 is 5.32 Å². The number of carbonyl (C=O) groups is 2. The minimum atomic E-state index is -1.09. The van der Waals surface area contributed by atoms with E-state index < -0.39 is 12.1 Å². The maximum absolute atomic E-state index is 11.6. The predicted octanol–water partition coefficient (Wildman–Crippen LogP) is 0.773. The van der Waals surface area contributed by atoms with Crippen LogP contribution >= 0.6 is 0 Å². The summed E-state index contributed by atoms with van der Waals surface area (Å²) in [4.78, 5) is 23.7. The molecule has 0 saturated heterocycles. The van der Waals surface area contributed by atoms with Crippen LogP contribution in [0.25, 0.3) is 0 Å². The average molecular weight is 246 g/mol. The van der Waals surface area contributed by atoms with Gasteiger partial charge < -0.3 is 20.1 Å². The highest BCUT2D eigenvalue weighted by atomic mass is 16.5. The van der Waals surface area contributed by atoms with Crippen molar-refractivity contribution in [3.63, 3.8) is 0 Å². The summed E-state index contributed by atoms with van der Waals surface area (Å²) in [6, 6.07) is -0.283. The normalized spacial score (nSPS) is 12.3. The van der Waals surface area contributed by atoms with Gasteiger partial charge in [0.2, 0.25) is 0 Å². The summed E-state index contributed by atoms with van der Waals surface area (Å²) in [5.74, 6) is -0.561. The Morgan fingerprint density at radius 2 is 2.00 bits per heavy atom. The van der Waals surface area contributed by atoms with E-state index in [2.05, 4.69) is 19.2 Å². The molecule has 1 atom stereocenters. The van der Waals surface area contributed by atoms with E-state index in [1.54, 1.807) is 7.05 Å². The number of hydrogen-bond acceptors (Lipinski definition) is 3. The van der Waals surface area contributed by atoms with Gasteiger partial charge in [-0.25, -0.2) is 9.59 Å². The molecule has 0 bridgehead atoms. The van der Waals surface area contributed by atoms with Gasteiger partial charge in [0, 0.05) is 20.7 Å². The molecule has 0 heterocycles. The summed E-state index contributed by atoms with van der Waals surface area (Å²) >= 11 is 0. The van der Waals surface area contributed by atoms with Gasteiger partial charge in [-0.05, 0) is 12.3 Å². The largest absolute Gasteiger partial charge is 0.479 e. The van der Waals surface area contributed by atoms with Crippen molar-refractivity contribution in [3.8, 4) is 0 Å². The topological polar surface area (TPSA) is 78.9 Å². The molecule has 0 aromatic rings. The van der Waals surface area contributed by atoms with Crippen LogP contribution in [0.1, 0.15) is 20.3 Å². The van der Waals surface area contributed by atoms with Crippen LogP contribution in [0.2, 0.25) is 0 Å². The maximum Gasteiger partial charge on any atom is 0.334 e. The van der Waals surface area contributed by atoms with Crippen molar-refractivity contribution in [1.29, 1.82) is 0 Å². The van der Waals surface area contributed by atoms with Crippen LogP contribution in [0.3, 0.4) is 0 Å². The van der Waals surface area contributed by atoms with Gasteiger partial charge in [-0.15, -0.1) is 0 Å². The van der Waals surface area contributed by atoms with E-state index in [0.29, 0.717) is 12.5 Å². The molecular weight excluding hydrogens is 224 g/mol. The molecule has 0 rings (SSSR count). The fourth-order valence-corrected chi connectivity index (χ4v) is 1.14. The van der Waals surface area contributed by atoms with Crippen LogP contribution in [0.15, 0.2) is 0 Å². The molecule has 0 spiro atoms. The van der Waals surface area contributed by atoms with Gasteiger partial charge in [0.05, 0.1) is 6.54 Å². The van der Waals surface area contributed by atoms with Crippen LogP contribution in [0.5, 0.6) is 0 Å². The van der Waals surface area contributed by atoms with Crippen LogP contribution in [0, 0.1) is 5.92 Å². The Hall–Kier alpha value is -1.30. The quantitative estimate of drug-likeness (QED) is 0.695. The van der Waals surface area contributed by atoms with E-state index in [1.807, 2.05) is 0 Å². The molecule has 17 heavy (non-hydrogen) atoms. The van der Waals surface area contributed by atoms with Gasteiger partial charge in [0.15, 0.2) is 6.10 Å². The van der Waals surface area contributed by atoms with E-state index in [9.17, 15) is 9.59 Å². The van der Waals surface area contributed by atoms with Crippen LogP contribution in [-0.4, -0.2) is 55.4 Å². The summed E-state index contributed by atoms with van der Waals surface area (Å²) in [6.45, 7) is 4.78. The molecule has 2 amide bonds. The summed E-state index contributed by atoms with van der Waals surface area (Å²) in [7, 11) is 2.98. The molecule has 0 aliphatic rings. The molecule has 0 saturated carbocycles. The summed E-state index contributed by atoms with van der Waals surface area (Å²) in [6.07, 6.45) is -0.0891. The first-order valence-corrected chi connectivity index (χ1v) is 5.63. The second kappa shape index (κ2) is 7.89. The minimum Gasteiger partial charge on any atom is -0.479 e. The van der Waals surface area contributed by atoms with Crippen molar-refractivity contribution in [2.75, 3.05) is 27.2 Å². The standard InChI is InChI=1S/C11H22N2O4/c1-8(2)5-6-13(3)11(16)12-7-9(17-4)10(14)15/h8-9H,5-7H2,1-4H3,(H,12,16)(H,14,15). The molecule has 0 aliphatic heterocycles. The fraction of sp³-hybridized carbons (Fsp3) is 0.818. The van der Waals surface area contributed by atoms with E-state index in [4.69, 9.17) is 9.84 Å². The van der Waals surface area contributed by atoms with Gasteiger partial charge in [-0.3, -0.25) is 0 Å². The number of nitrogens with one attached hydrogen (secondary N) is 1. The summed E-state index contributed by atoms with van der Waals surface area (Å²) < 4.78 is 4.71. The van der Waals surface area contributed by atoms with Gasteiger partial charge in [-0.1, -0.05) is 13.8 Å². The maximum atomic E-state index is 11.6. The Kier molecular flexibility index (Phi) is 7.29. The van der Waals surface area contributed by atoms with Crippen molar-refractivity contribution in [2.24, 2.45) is 5.92 Å². The lowest BCUT2D eigenvalue weighted by molar-refractivity contribution is -0.148. The first kappa shape index (κ1) is 15.7. The molecule has 100 valence electrons. The van der Waals surface area contributed by atoms with Gasteiger partial charge >= 0.3 is 12.0 Å². The second-order valence-corrected chi connectivity index (χ2v) is 4.35. The molecule has 6 nitrogen and oxygen atoms in total. The third kappa shape index (κ3) is 6.78. The Morgan fingerprint density at radius 3 is 2.41 bits per heavy atom. The van der Waals surface area contributed by atoms with E-state index in [0.717, 1.165) is 6.42 Å². The molecule has 1 unspecified atom stereocenters. The molecule has 2 N–H and O–H groups in total. The zero-order valence-electron chi connectivity index (χ0n) is 10.9. The third-order valence-corrected chi connectivity index (χ3v) is 2.39. The number of aliphatic carboxylic acids is 1. The number of rotatable bonds is 7. The second-order valence-electron chi connectivity index (χ2n) is 4.35. The molecule has 0 aromatic heterocycles. The number of ether oxygens (including phenoxy) is 1. The highest BCUT2D eigenvalue weighted by Crippen LogP contribution is 2.00. The lowest BCUT2D eigenvalue weighted by Gasteiger charge is -2.20. The van der Waals surface area contributed by atoms with Crippen molar-refractivity contribution in [2.45, 2.75) is 26.4 Å². The highest BCUT2D eigenvalue weighted by Gasteiger charge is 2.18. The third-order valence-electron chi connectivity index (χ3n) is 2.39. The summed E-state index contributed by atoms with van der Waals surface area (Å²) in [5.41, 5.74) is 0. The van der Waals surface area contributed by atoms with Crippen molar-refractivity contribution < 1.29 is 19.4 Å². The number of carboxylic acids is 1. The first-order chi connectivity index (χ1) is 7.88. The van der Waals surface area contributed by atoms with Crippen LogP contribution in [0.4, 0.5) is 4.79 Å². The Morgan fingerprint density at radius 1 is 1.41 bits per heavy atom. The van der Waals surface area contributed by atoms with Gasteiger partial charge in [0.25, 0.3) is 0 Å². The molecule has 0 aromatic carbocycles. The number of nitrogens with zero attached hydrogens (tertiary/aromatic N) is 1. The van der Waals surface area contributed by atoms with Crippen LogP contribution in [-0.2, 0) is 9.53 Å². The number of carbonyl (C=O) groups excluding carboxylic acids is 1. The highest BCUT2D eigenvalue weighted by molar-refractivity contribution is 5.76. The molecule has 0 fully saturated rings. The lowest BCUT2D eigenvalue weighted by Crippen LogP contribution is -2.44. The van der Waals surface area contributed by atoms with E-state index in [-0.39, 0.29) is 12.6 Å². The van der Waals surface area contributed by atoms with Gasteiger partial charge in [0.1, 0.15) is 0 Å². The monoisotopic (exact) mass is 246 g/mol. The molecule has 0 aliphatic carbocycles. The van der Waals surface area contributed by atoms with E-state index >= 15 is 0 Å². The number of amides is 2. The number of methoxy groups -OCH3 is 1. The van der Waals surface area contributed by atoms with Crippen molar-refractivity contribution in [3.05, 3.63) is 0 Å². The number of urea groups is 1. The zero-order chi connectivity index (χ0) is 13.4. The minimum absolute atomic E-state index is 0.0311. The van der Waals surface area contributed by atoms with Crippen molar-refractivity contribution >= 4 is 12.0 Å². The van der Waals surface area contributed by atoms with Crippen molar-refractivity contribution in [1.82, 2.24) is 10.2 Å². The molecule has 0 radical (unpaired) electrons. The number of hydrogen-bond donors (Lipinski definition) is 2. The predicted molar refractivity (Wildman–Crippen MR) is 63.9 cm³/mol. The smallest absolute Gasteiger partial charge is 0.334 e. The SMILES string of the molecule is COC(CNC(=O)N(C)CCC(C)C)C(=O)O. The average Bonchev–Trinajstić information content (AvgIpc) is 2.25. The fourth-order valence-electron chi connectivity index (χ4n) is 1.14. The van der Waals surface area contributed by atoms with E-state index in [1.165, 1.54) is 12.0 Å². The first-order valence-electron chi connectivity index (χ1n) is 5.63. The Bertz CT molecular complexity index is 256. The molecular formula is C11H22N2O4. The Balaban J connectivity index is 3.95. The molecule has 6 heteroatoms. The number of carboxylic acid groups (broad SMARTS) is 1. The zero-order valence-corrected chi connectivity index (χ0v) is 10.9. The summed E-state index contributed by atoms with van der Waals surface area (Å²) in [5, 5.41) is 11.2. The lowest BCUT2D eigenvalue weighted by atomic mass is 10.1. The Labute approximate surface area is 102 Å². The van der Waals surface area contributed by atoms with Gasteiger partial charge in [-0.2, -0.15) is 0 Å².